The van der Waals surface area contributed by atoms with Gasteiger partial charge in [0.1, 0.15) is 5.82 Å². The topological polar surface area (TPSA) is 91.1 Å². The number of carbonyl (C=O) groups excluding carboxylic acids is 1. The van der Waals surface area contributed by atoms with Crippen molar-refractivity contribution in [1.29, 1.82) is 0 Å². The number of halogens is 1. The average molecular weight is 393 g/mol. The van der Waals surface area contributed by atoms with E-state index in [0.29, 0.717) is 23.0 Å². The van der Waals surface area contributed by atoms with E-state index in [9.17, 15) is 14.0 Å². The summed E-state index contributed by atoms with van der Waals surface area (Å²) in [4.78, 5) is 24.3. The summed E-state index contributed by atoms with van der Waals surface area (Å²) in [6.07, 6.45) is 2.86. The Kier molecular flexibility index (Phi) is 5.94. The van der Waals surface area contributed by atoms with Crippen LogP contribution < -0.4 is 17.0 Å². The highest BCUT2D eigenvalue weighted by Crippen LogP contribution is 2.32. The van der Waals surface area contributed by atoms with E-state index in [-0.39, 0.29) is 23.8 Å². The molecule has 0 bridgehead atoms. The van der Waals surface area contributed by atoms with E-state index in [1.165, 1.54) is 18.2 Å². The van der Waals surface area contributed by atoms with Crippen LogP contribution in [0.5, 0.6) is 0 Å². The molecule has 150 valence electrons. The van der Waals surface area contributed by atoms with Gasteiger partial charge in [0, 0.05) is 35.8 Å². The highest BCUT2D eigenvalue weighted by Gasteiger charge is 2.18. The van der Waals surface area contributed by atoms with Crippen molar-refractivity contribution in [1.82, 2.24) is 4.57 Å². The Hall–Kier alpha value is -3.25. The summed E-state index contributed by atoms with van der Waals surface area (Å²) in [7, 11) is 0. The summed E-state index contributed by atoms with van der Waals surface area (Å²) in [6.45, 7) is 4.75. The molecule has 0 atom stereocenters. The summed E-state index contributed by atoms with van der Waals surface area (Å²) in [5.74, 6) is -0.652. The number of amides is 1. The fraction of sp³-hybridized carbons (Fsp3) is 0.217. The Labute approximate surface area is 168 Å². The molecule has 29 heavy (non-hydrogen) atoms. The van der Waals surface area contributed by atoms with Crippen molar-refractivity contribution >= 4 is 22.8 Å². The molecule has 0 radical (unpaired) electrons. The maximum Gasteiger partial charge on any atom is 0.258 e. The van der Waals surface area contributed by atoms with Gasteiger partial charge >= 0.3 is 0 Å². The Morgan fingerprint density at radius 3 is 2.41 bits per heavy atom. The summed E-state index contributed by atoms with van der Waals surface area (Å²) in [5.41, 5.74) is 14.1. The van der Waals surface area contributed by atoms with Gasteiger partial charge in [0.2, 0.25) is 5.91 Å². The second-order valence-corrected chi connectivity index (χ2v) is 7.38. The highest BCUT2D eigenvalue weighted by molar-refractivity contribution is 5.99. The van der Waals surface area contributed by atoms with Gasteiger partial charge in [-0.15, -0.1) is 0 Å². The molecular weight excluding hydrogens is 369 g/mol. The lowest BCUT2D eigenvalue weighted by atomic mass is 9.94. The minimum Gasteiger partial charge on any atom is -0.366 e. The maximum atomic E-state index is 13.5. The smallest absolute Gasteiger partial charge is 0.258 e. The second-order valence-electron chi connectivity index (χ2n) is 7.38. The molecule has 2 aromatic carbocycles. The molecule has 0 spiro atoms. The number of nitrogens with two attached hydrogens (primary N) is 2. The molecule has 0 saturated heterocycles. The van der Waals surface area contributed by atoms with Crippen molar-refractivity contribution in [2.75, 3.05) is 0 Å². The fourth-order valence-electron chi connectivity index (χ4n) is 3.50. The summed E-state index contributed by atoms with van der Waals surface area (Å²) in [5, 5.41) is 1.24. The minimum absolute atomic E-state index is 0.120. The number of benzene rings is 2. The number of primary amides is 1. The molecule has 0 aliphatic rings. The molecule has 3 rings (SSSR count). The quantitative estimate of drug-likeness (QED) is 0.629. The predicted molar refractivity (Wildman–Crippen MR) is 115 cm³/mol. The first kappa shape index (κ1) is 20.5. The van der Waals surface area contributed by atoms with E-state index in [2.05, 4.69) is 0 Å². The van der Waals surface area contributed by atoms with Crippen molar-refractivity contribution in [3.8, 4) is 11.1 Å². The van der Waals surface area contributed by atoms with Crippen molar-refractivity contribution in [3.05, 3.63) is 76.0 Å². The molecule has 0 aliphatic heterocycles. The number of rotatable bonds is 6. The van der Waals surface area contributed by atoms with Gasteiger partial charge in [-0.25, -0.2) is 4.39 Å². The van der Waals surface area contributed by atoms with Crippen LogP contribution in [0.2, 0.25) is 0 Å². The third kappa shape index (κ3) is 4.27. The molecule has 4 N–H and O–H groups in total. The van der Waals surface area contributed by atoms with Gasteiger partial charge in [0.25, 0.3) is 5.56 Å². The molecule has 3 aromatic rings. The van der Waals surface area contributed by atoms with Crippen molar-refractivity contribution < 1.29 is 9.18 Å². The first-order valence-corrected chi connectivity index (χ1v) is 9.44. The van der Waals surface area contributed by atoms with E-state index in [0.717, 1.165) is 16.7 Å². The van der Waals surface area contributed by atoms with Gasteiger partial charge in [0.15, 0.2) is 0 Å². The zero-order chi connectivity index (χ0) is 21.1. The monoisotopic (exact) mass is 393 g/mol. The van der Waals surface area contributed by atoms with Crippen LogP contribution in [0.4, 0.5) is 4.39 Å². The SMILES string of the molecule is CC(C)Cn1c(CN)c(-c2ccc(F)cc2)c2cc(C=CC(N)=O)ccc2c1=O. The molecule has 0 unspecified atom stereocenters. The molecule has 0 aliphatic carbocycles. The molecule has 0 saturated carbocycles. The number of hydrogen-bond acceptors (Lipinski definition) is 3. The van der Waals surface area contributed by atoms with Crippen molar-refractivity contribution in [2.24, 2.45) is 17.4 Å². The molecule has 0 fully saturated rings. The number of pyridine rings is 1. The van der Waals surface area contributed by atoms with Gasteiger partial charge in [-0.05, 0) is 52.8 Å². The van der Waals surface area contributed by atoms with Crippen molar-refractivity contribution in [2.45, 2.75) is 26.9 Å². The van der Waals surface area contributed by atoms with Crippen LogP contribution in [0.1, 0.15) is 25.1 Å². The van der Waals surface area contributed by atoms with Crippen LogP contribution in [-0.4, -0.2) is 10.5 Å². The van der Waals surface area contributed by atoms with Crippen LogP contribution in [-0.2, 0) is 17.9 Å². The van der Waals surface area contributed by atoms with Crippen molar-refractivity contribution in [3.63, 3.8) is 0 Å². The van der Waals surface area contributed by atoms with Crippen LogP contribution in [0.15, 0.2) is 53.3 Å². The van der Waals surface area contributed by atoms with Crippen LogP contribution in [0.3, 0.4) is 0 Å². The molecule has 1 heterocycles. The lowest BCUT2D eigenvalue weighted by molar-refractivity contribution is -0.113. The summed E-state index contributed by atoms with van der Waals surface area (Å²) < 4.78 is 15.2. The van der Waals surface area contributed by atoms with E-state index in [1.807, 2.05) is 19.9 Å². The van der Waals surface area contributed by atoms with Gasteiger partial charge in [-0.2, -0.15) is 0 Å². The van der Waals surface area contributed by atoms with E-state index in [1.54, 1.807) is 34.9 Å². The highest BCUT2D eigenvalue weighted by atomic mass is 19.1. The normalized spacial score (nSPS) is 11.6. The average Bonchev–Trinajstić information content (AvgIpc) is 2.68. The fourth-order valence-corrected chi connectivity index (χ4v) is 3.50. The first-order valence-electron chi connectivity index (χ1n) is 9.44. The summed E-state index contributed by atoms with van der Waals surface area (Å²) in [6, 6.07) is 11.5. The Morgan fingerprint density at radius 1 is 1.14 bits per heavy atom. The number of carbonyl (C=O) groups is 1. The number of hydrogen-bond donors (Lipinski definition) is 2. The van der Waals surface area contributed by atoms with Crippen LogP contribution in [0.25, 0.3) is 28.0 Å². The molecule has 5 nitrogen and oxygen atoms in total. The number of fused-ring (bicyclic) bond motifs is 1. The maximum absolute atomic E-state index is 13.5. The first-order chi connectivity index (χ1) is 13.8. The molecule has 1 amide bonds. The lowest BCUT2D eigenvalue weighted by Gasteiger charge is -2.21. The molecular formula is C23H24FN3O2. The Balaban J connectivity index is 2.41. The standard InChI is InChI=1S/C23H24FN3O2/c1-14(2)13-27-20(12-25)22(16-5-7-17(24)8-6-16)19-11-15(4-10-21(26)28)3-9-18(19)23(27)29/h3-11,14H,12-13,25H2,1-2H3,(H2,26,28). The lowest BCUT2D eigenvalue weighted by Crippen LogP contribution is -2.28. The van der Waals surface area contributed by atoms with E-state index in [4.69, 9.17) is 11.5 Å². The Morgan fingerprint density at radius 2 is 1.83 bits per heavy atom. The zero-order valence-corrected chi connectivity index (χ0v) is 16.5. The van der Waals surface area contributed by atoms with Crippen LogP contribution in [0, 0.1) is 11.7 Å². The van der Waals surface area contributed by atoms with Crippen LogP contribution >= 0.6 is 0 Å². The third-order valence-electron chi connectivity index (χ3n) is 4.72. The Bertz CT molecular complexity index is 1150. The second kappa shape index (κ2) is 8.41. The van der Waals surface area contributed by atoms with E-state index >= 15 is 0 Å². The molecule has 6 heteroatoms. The third-order valence-corrected chi connectivity index (χ3v) is 4.72. The zero-order valence-electron chi connectivity index (χ0n) is 16.5. The van der Waals surface area contributed by atoms with Gasteiger partial charge < -0.3 is 16.0 Å². The van der Waals surface area contributed by atoms with Gasteiger partial charge in [0.05, 0.1) is 0 Å². The number of nitrogens with zero attached hydrogens (tertiary/aromatic N) is 1. The van der Waals surface area contributed by atoms with Gasteiger partial charge in [-0.3, -0.25) is 9.59 Å². The van der Waals surface area contributed by atoms with Gasteiger partial charge in [-0.1, -0.05) is 32.0 Å². The van der Waals surface area contributed by atoms with E-state index < -0.39 is 5.91 Å². The number of aromatic nitrogens is 1. The molecule has 1 aromatic heterocycles. The summed E-state index contributed by atoms with van der Waals surface area (Å²) >= 11 is 0. The largest absolute Gasteiger partial charge is 0.366 e. The minimum atomic E-state index is -0.557. The predicted octanol–water partition coefficient (Wildman–Crippen LogP) is 3.42.